The van der Waals surface area contributed by atoms with Crippen molar-refractivity contribution in [3.8, 4) is 0 Å². The van der Waals surface area contributed by atoms with E-state index in [0.29, 0.717) is 33.5 Å². The van der Waals surface area contributed by atoms with Crippen molar-refractivity contribution >= 4 is 81.9 Å². The Labute approximate surface area is 256 Å². The number of nitrogen functional groups attached to an aromatic ring is 4. The Morgan fingerprint density at radius 1 is 0.707 bits per heavy atom. The lowest BCUT2D eigenvalue weighted by atomic mass is 10.3. The minimum absolute atomic E-state index is 0.0172. The molecule has 0 heterocycles. The van der Waals surface area contributed by atoms with E-state index in [4.69, 9.17) is 49.9 Å². The SMILES string of the molecule is Nc1cccc(Cl)c1[N+](=O)[O-].Nc1cccc(SCCO)c1N.Nc1cccc(SCCO)c1[N+](=O)[O-].OCCS. The van der Waals surface area contributed by atoms with Gasteiger partial charge in [-0.1, -0.05) is 29.8 Å². The molecule has 0 fully saturated rings. The van der Waals surface area contributed by atoms with Crippen molar-refractivity contribution in [1.82, 2.24) is 0 Å². The van der Waals surface area contributed by atoms with E-state index in [0.717, 1.165) is 4.90 Å². The molecule has 0 aromatic heterocycles. The Kier molecular flexibility index (Phi) is 20.0. The maximum absolute atomic E-state index is 10.7. The quantitative estimate of drug-likeness (QED) is 0.0538. The van der Waals surface area contributed by atoms with Crippen molar-refractivity contribution in [2.75, 3.05) is 60.0 Å². The predicted octanol–water partition coefficient (Wildman–Crippen LogP) is 3.94. The van der Waals surface area contributed by atoms with Crippen LogP contribution in [-0.4, -0.2) is 62.2 Å². The molecule has 0 saturated heterocycles. The van der Waals surface area contributed by atoms with E-state index >= 15 is 0 Å². The number of benzene rings is 3. The molecular weight excluding hydrogens is 616 g/mol. The molecule has 0 bridgehead atoms. The van der Waals surface area contributed by atoms with Crippen LogP contribution >= 0.6 is 47.8 Å². The summed E-state index contributed by atoms with van der Waals surface area (Å²) in [6.07, 6.45) is 0. The van der Waals surface area contributed by atoms with E-state index in [1.54, 1.807) is 24.3 Å². The van der Waals surface area contributed by atoms with Gasteiger partial charge >= 0.3 is 11.4 Å². The highest BCUT2D eigenvalue weighted by molar-refractivity contribution is 7.99. The summed E-state index contributed by atoms with van der Waals surface area (Å²) in [6.45, 7) is 0.318. The van der Waals surface area contributed by atoms with Gasteiger partial charge in [0.25, 0.3) is 0 Å². The van der Waals surface area contributed by atoms with E-state index in [1.807, 2.05) is 12.1 Å². The number of aliphatic hydroxyl groups is 3. The Bertz CT molecular complexity index is 1220. The summed E-state index contributed by atoms with van der Waals surface area (Å²) in [5.41, 5.74) is 23.2. The number of hydrogen-bond donors (Lipinski definition) is 8. The molecule has 17 heteroatoms. The molecule has 0 amide bonds. The number of anilines is 4. The topological polar surface area (TPSA) is 251 Å². The molecule has 0 aliphatic rings. The van der Waals surface area contributed by atoms with E-state index in [9.17, 15) is 20.2 Å². The van der Waals surface area contributed by atoms with Crippen molar-refractivity contribution in [1.29, 1.82) is 0 Å². The monoisotopic (exact) mass is 648 g/mol. The summed E-state index contributed by atoms with van der Waals surface area (Å²) in [4.78, 5) is 21.3. The molecule has 0 aliphatic carbocycles. The van der Waals surface area contributed by atoms with Gasteiger partial charge in [-0.15, -0.1) is 23.5 Å². The highest BCUT2D eigenvalue weighted by atomic mass is 35.5. The van der Waals surface area contributed by atoms with Gasteiger partial charge in [0.05, 0.1) is 45.9 Å². The Morgan fingerprint density at radius 3 is 1.54 bits per heavy atom. The van der Waals surface area contributed by atoms with Crippen LogP contribution in [0.2, 0.25) is 5.02 Å². The van der Waals surface area contributed by atoms with Crippen LogP contribution in [0.1, 0.15) is 0 Å². The number of nitro benzene ring substituents is 2. The number of nitro groups is 2. The van der Waals surface area contributed by atoms with Crippen LogP contribution in [0.25, 0.3) is 0 Å². The highest BCUT2D eigenvalue weighted by Crippen LogP contribution is 2.33. The normalized spacial score (nSPS) is 9.68. The molecule has 226 valence electrons. The van der Waals surface area contributed by atoms with Gasteiger partial charge in [0, 0.05) is 22.2 Å². The first kappa shape index (κ1) is 37.9. The van der Waals surface area contributed by atoms with E-state index < -0.39 is 9.85 Å². The number of thioether (sulfide) groups is 2. The lowest BCUT2D eigenvalue weighted by Gasteiger charge is -2.05. The van der Waals surface area contributed by atoms with Crippen LogP contribution in [0.5, 0.6) is 0 Å². The zero-order valence-electron chi connectivity index (χ0n) is 21.8. The third kappa shape index (κ3) is 14.4. The lowest BCUT2D eigenvalue weighted by molar-refractivity contribution is -0.386. The molecule has 0 spiro atoms. The van der Waals surface area contributed by atoms with Crippen molar-refractivity contribution < 1.29 is 25.2 Å². The Morgan fingerprint density at radius 2 is 1.12 bits per heavy atom. The number of nitrogens with two attached hydrogens (primary N) is 4. The largest absolute Gasteiger partial charge is 0.397 e. The first-order chi connectivity index (χ1) is 19.5. The zero-order valence-corrected chi connectivity index (χ0v) is 25.0. The fraction of sp³-hybridized carbons (Fsp3) is 0.250. The summed E-state index contributed by atoms with van der Waals surface area (Å²) in [5.74, 6) is 1.64. The molecule has 0 unspecified atom stereocenters. The molecule has 3 aromatic rings. The van der Waals surface area contributed by atoms with Gasteiger partial charge in [-0.2, -0.15) is 12.6 Å². The molecule has 0 aliphatic heterocycles. The molecular formula is C24H33ClN6O7S3. The lowest BCUT2D eigenvalue weighted by Crippen LogP contribution is -1.98. The van der Waals surface area contributed by atoms with E-state index in [1.165, 1.54) is 41.7 Å². The maximum Gasteiger partial charge on any atom is 0.310 e. The minimum atomic E-state index is -0.600. The van der Waals surface area contributed by atoms with Crippen LogP contribution in [0, 0.1) is 20.2 Å². The molecule has 13 nitrogen and oxygen atoms in total. The summed E-state index contributed by atoms with van der Waals surface area (Å²) < 4.78 is 0. The van der Waals surface area contributed by atoms with E-state index in [-0.39, 0.29) is 47.6 Å². The average Bonchev–Trinajstić information content (AvgIpc) is 2.93. The molecule has 0 saturated carbocycles. The van der Waals surface area contributed by atoms with Crippen LogP contribution < -0.4 is 22.9 Å². The van der Waals surface area contributed by atoms with Gasteiger partial charge in [-0.25, -0.2) is 0 Å². The molecule has 41 heavy (non-hydrogen) atoms. The van der Waals surface area contributed by atoms with Gasteiger partial charge in [0.2, 0.25) is 0 Å². The predicted molar refractivity (Wildman–Crippen MR) is 172 cm³/mol. The third-order valence-corrected chi connectivity index (χ3v) is 6.90. The maximum atomic E-state index is 10.7. The number of halogens is 1. The van der Waals surface area contributed by atoms with Crippen LogP contribution in [0.4, 0.5) is 34.1 Å². The van der Waals surface area contributed by atoms with Crippen LogP contribution in [0.15, 0.2) is 64.4 Å². The molecule has 3 rings (SSSR count). The minimum Gasteiger partial charge on any atom is -0.397 e. The van der Waals surface area contributed by atoms with Crippen molar-refractivity contribution in [2.24, 2.45) is 0 Å². The number of para-hydroxylation sites is 3. The van der Waals surface area contributed by atoms with Crippen LogP contribution in [0.3, 0.4) is 0 Å². The number of hydrogen-bond acceptors (Lipinski definition) is 14. The molecule has 0 atom stereocenters. The number of rotatable bonds is 9. The average molecular weight is 649 g/mol. The molecule has 0 radical (unpaired) electrons. The third-order valence-electron chi connectivity index (χ3n) is 4.31. The van der Waals surface area contributed by atoms with Gasteiger partial charge in [0.1, 0.15) is 16.4 Å². The summed E-state index contributed by atoms with van der Waals surface area (Å²) in [5, 5.41) is 46.0. The summed E-state index contributed by atoms with van der Waals surface area (Å²) in [7, 11) is 0. The van der Waals surface area contributed by atoms with Gasteiger partial charge in [-0.3, -0.25) is 20.2 Å². The second kappa shape index (κ2) is 21.6. The molecule has 11 N–H and O–H groups in total. The first-order valence-electron chi connectivity index (χ1n) is 11.5. The van der Waals surface area contributed by atoms with E-state index in [2.05, 4.69) is 12.6 Å². The fourth-order valence-corrected chi connectivity index (χ4v) is 4.40. The molecule has 3 aromatic carbocycles. The smallest absolute Gasteiger partial charge is 0.310 e. The summed E-state index contributed by atoms with van der Waals surface area (Å²) >= 11 is 11.9. The van der Waals surface area contributed by atoms with Gasteiger partial charge < -0.3 is 38.3 Å². The Balaban J connectivity index is 0.000000552. The first-order valence-corrected chi connectivity index (χ1v) is 14.5. The highest BCUT2D eigenvalue weighted by Gasteiger charge is 2.17. The standard InChI is InChI=1S/C8H10N2O3S.C8H12N2OS.C6H5ClN2O2.C2H6OS/c9-6-2-1-3-7(14-5-4-11)8(6)10(12)13;9-6-2-1-3-7(8(6)10)12-5-4-11;7-4-2-1-3-5(8)6(4)9(10)11;3-1-2-4/h1-3,11H,4-5,9H2;1-3,11H,4-5,9-10H2;1-3H,8H2;3-4H,1-2H2. The van der Waals surface area contributed by atoms with Crippen molar-refractivity contribution in [2.45, 2.75) is 9.79 Å². The number of thiol groups is 1. The van der Waals surface area contributed by atoms with Gasteiger partial charge in [-0.05, 0) is 36.4 Å². The second-order valence-corrected chi connectivity index (χ2v) is 10.4. The number of aliphatic hydroxyl groups excluding tert-OH is 3. The fourth-order valence-electron chi connectivity index (χ4n) is 2.57. The number of nitrogens with zero attached hydrogens (tertiary/aromatic N) is 2. The second-order valence-electron chi connectivity index (χ2n) is 7.24. The van der Waals surface area contributed by atoms with Crippen molar-refractivity contribution in [3.05, 3.63) is 79.8 Å². The summed E-state index contributed by atoms with van der Waals surface area (Å²) in [6, 6.07) is 14.7. The van der Waals surface area contributed by atoms with Crippen molar-refractivity contribution in [3.63, 3.8) is 0 Å². The zero-order chi connectivity index (χ0) is 31.4. The van der Waals surface area contributed by atoms with Crippen LogP contribution in [-0.2, 0) is 0 Å². The van der Waals surface area contributed by atoms with Gasteiger partial charge in [0.15, 0.2) is 0 Å². The Hall–Kier alpha value is -3.12.